The third kappa shape index (κ3) is 4.50. The molecule has 0 N–H and O–H groups in total. The highest BCUT2D eigenvalue weighted by molar-refractivity contribution is 6.12. The number of aryl methyl sites for hydroxylation is 1. The van der Waals surface area contributed by atoms with Crippen molar-refractivity contribution in [3.63, 3.8) is 0 Å². The molecule has 0 atom stereocenters. The summed E-state index contributed by atoms with van der Waals surface area (Å²) in [6.07, 6.45) is 9.91. The molecule has 0 heterocycles. The highest BCUT2D eigenvalue weighted by atomic mass is 15.2. The number of fused-ring (bicyclic) bond motifs is 2. The molecule has 0 aliphatic heterocycles. The first-order valence-corrected chi connectivity index (χ1v) is 13.2. The van der Waals surface area contributed by atoms with Gasteiger partial charge in [0.15, 0.2) is 0 Å². The van der Waals surface area contributed by atoms with Gasteiger partial charge in [-0.2, -0.15) is 0 Å². The fourth-order valence-electron chi connectivity index (χ4n) is 5.31. The molecule has 0 saturated heterocycles. The monoisotopic (exact) mass is 492 g/mol. The van der Waals surface area contributed by atoms with Crippen LogP contribution in [0.3, 0.4) is 0 Å². The fourth-order valence-corrected chi connectivity index (χ4v) is 5.31. The summed E-state index contributed by atoms with van der Waals surface area (Å²) in [5.41, 5.74) is 8.45. The summed E-state index contributed by atoms with van der Waals surface area (Å²) in [7, 11) is 2.17. The van der Waals surface area contributed by atoms with Gasteiger partial charge >= 0.3 is 0 Å². The van der Waals surface area contributed by atoms with Crippen LogP contribution in [0.1, 0.15) is 18.9 Å². The molecule has 0 saturated carbocycles. The minimum absolute atomic E-state index is 0.977. The number of hydrogen-bond donors (Lipinski definition) is 0. The number of anilines is 4. The Balaban J connectivity index is 1.43. The van der Waals surface area contributed by atoms with Crippen LogP contribution in [-0.2, 0) is 0 Å². The molecular weight excluding hydrogens is 460 g/mol. The zero-order valence-corrected chi connectivity index (χ0v) is 22.2. The van der Waals surface area contributed by atoms with Gasteiger partial charge in [0, 0.05) is 40.6 Å². The zero-order valence-electron chi connectivity index (χ0n) is 22.2. The molecule has 2 heteroatoms. The van der Waals surface area contributed by atoms with E-state index in [-0.39, 0.29) is 0 Å². The van der Waals surface area contributed by atoms with E-state index in [0.717, 1.165) is 29.2 Å². The van der Waals surface area contributed by atoms with Crippen LogP contribution in [-0.4, -0.2) is 7.05 Å². The van der Waals surface area contributed by atoms with Crippen LogP contribution in [0.15, 0.2) is 139 Å². The molecule has 0 aromatic heterocycles. The Morgan fingerprint density at radius 3 is 1.79 bits per heavy atom. The molecule has 6 rings (SSSR count). The molecule has 0 spiro atoms. The molecule has 0 amide bonds. The van der Waals surface area contributed by atoms with Crippen molar-refractivity contribution in [3.05, 3.63) is 144 Å². The Bertz CT molecular complexity index is 1650. The minimum Gasteiger partial charge on any atom is -0.344 e. The quantitative estimate of drug-likeness (QED) is 0.225. The summed E-state index contributed by atoms with van der Waals surface area (Å²) >= 11 is 0. The highest BCUT2D eigenvalue weighted by Crippen LogP contribution is 2.39. The predicted molar refractivity (Wildman–Crippen MR) is 165 cm³/mol. The molecule has 0 fully saturated rings. The summed E-state index contributed by atoms with van der Waals surface area (Å²) in [5.74, 6) is 0. The van der Waals surface area contributed by atoms with E-state index in [1.165, 1.54) is 38.4 Å². The predicted octanol–water partition coefficient (Wildman–Crippen LogP) is 10.00. The SMILES string of the molecule is CC1=CC=C(N(c2ccc(C)cc2)c2ccc(N(C)c3c4ccccc4cc4ccccc34)cc2)C=CC1. The third-order valence-corrected chi connectivity index (χ3v) is 7.39. The minimum atomic E-state index is 0.977. The number of benzene rings is 5. The van der Waals surface area contributed by atoms with Crippen LogP contribution in [0.25, 0.3) is 21.5 Å². The van der Waals surface area contributed by atoms with Gasteiger partial charge in [-0.15, -0.1) is 0 Å². The molecule has 5 aromatic rings. The molecule has 1 aliphatic rings. The van der Waals surface area contributed by atoms with Crippen molar-refractivity contribution < 1.29 is 0 Å². The summed E-state index contributed by atoms with van der Waals surface area (Å²) in [6, 6.07) is 37.3. The summed E-state index contributed by atoms with van der Waals surface area (Å²) in [4.78, 5) is 4.66. The maximum Gasteiger partial charge on any atom is 0.0567 e. The van der Waals surface area contributed by atoms with Gasteiger partial charge in [-0.05, 0) is 85.7 Å². The Kier molecular flexibility index (Phi) is 6.31. The first-order valence-electron chi connectivity index (χ1n) is 13.2. The summed E-state index contributed by atoms with van der Waals surface area (Å²) in [5, 5.41) is 5.03. The van der Waals surface area contributed by atoms with Crippen LogP contribution >= 0.6 is 0 Å². The lowest BCUT2D eigenvalue weighted by atomic mass is 10.00. The van der Waals surface area contributed by atoms with Crippen molar-refractivity contribution in [2.45, 2.75) is 20.3 Å². The molecular formula is C36H32N2. The van der Waals surface area contributed by atoms with Crippen LogP contribution in [0.2, 0.25) is 0 Å². The van der Waals surface area contributed by atoms with E-state index in [9.17, 15) is 0 Å². The highest BCUT2D eigenvalue weighted by Gasteiger charge is 2.16. The van der Waals surface area contributed by atoms with Gasteiger partial charge in [-0.1, -0.05) is 84.0 Å². The van der Waals surface area contributed by atoms with E-state index in [2.05, 4.69) is 158 Å². The van der Waals surface area contributed by atoms with Crippen molar-refractivity contribution in [2.75, 3.05) is 16.8 Å². The number of allylic oxidation sites excluding steroid dienone is 5. The van der Waals surface area contributed by atoms with Crippen molar-refractivity contribution in [1.29, 1.82) is 0 Å². The van der Waals surface area contributed by atoms with Crippen molar-refractivity contribution in [2.24, 2.45) is 0 Å². The Morgan fingerprint density at radius 1 is 0.605 bits per heavy atom. The van der Waals surface area contributed by atoms with Crippen LogP contribution in [0.5, 0.6) is 0 Å². The molecule has 1 aliphatic carbocycles. The average molecular weight is 493 g/mol. The molecule has 5 aromatic carbocycles. The van der Waals surface area contributed by atoms with Gasteiger partial charge in [0.2, 0.25) is 0 Å². The maximum absolute atomic E-state index is 2.34. The largest absolute Gasteiger partial charge is 0.344 e. The second-order valence-corrected chi connectivity index (χ2v) is 10.1. The standard InChI is InChI=1S/C36H32N2/c1-26-9-8-12-31(18-15-26)38(32-19-16-27(2)17-20-32)33-23-21-30(22-24-33)37(3)36-34-13-6-4-10-28(34)25-29-11-5-7-14-35(29)36/h4-8,10-25H,9H2,1-3H3. The van der Waals surface area contributed by atoms with E-state index >= 15 is 0 Å². The van der Waals surface area contributed by atoms with Crippen molar-refractivity contribution in [1.82, 2.24) is 0 Å². The van der Waals surface area contributed by atoms with E-state index in [0.29, 0.717) is 0 Å². The van der Waals surface area contributed by atoms with Crippen molar-refractivity contribution in [3.8, 4) is 0 Å². The van der Waals surface area contributed by atoms with E-state index < -0.39 is 0 Å². The Hall–Kier alpha value is -4.56. The molecule has 186 valence electrons. The van der Waals surface area contributed by atoms with Crippen molar-refractivity contribution >= 4 is 44.3 Å². The lowest BCUT2D eigenvalue weighted by Crippen LogP contribution is -2.16. The van der Waals surface area contributed by atoms with Crippen LogP contribution < -0.4 is 9.80 Å². The van der Waals surface area contributed by atoms with E-state index in [4.69, 9.17) is 0 Å². The van der Waals surface area contributed by atoms with Gasteiger partial charge in [0.05, 0.1) is 5.69 Å². The van der Waals surface area contributed by atoms with Gasteiger partial charge in [0.1, 0.15) is 0 Å². The number of hydrogen-bond acceptors (Lipinski definition) is 2. The molecule has 0 radical (unpaired) electrons. The maximum atomic E-state index is 2.34. The van der Waals surface area contributed by atoms with Gasteiger partial charge in [-0.25, -0.2) is 0 Å². The van der Waals surface area contributed by atoms with E-state index in [1.54, 1.807) is 0 Å². The lowest BCUT2D eigenvalue weighted by Gasteiger charge is -2.28. The van der Waals surface area contributed by atoms with Gasteiger partial charge < -0.3 is 9.80 Å². The molecule has 2 nitrogen and oxygen atoms in total. The fraction of sp³-hybridized carbons (Fsp3) is 0.111. The number of rotatable bonds is 5. The molecule has 38 heavy (non-hydrogen) atoms. The number of nitrogens with zero attached hydrogens (tertiary/aromatic N) is 2. The third-order valence-electron chi connectivity index (χ3n) is 7.39. The summed E-state index contributed by atoms with van der Waals surface area (Å²) < 4.78 is 0. The van der Waals surface area contributed by atoms with E-state index in [1.807, 2.05) is 0 Å². The first-order chi connectivity index (χ1) is 18.6. The second-order valence-electron chi connectivity index (χ2n) is 10.1. The Morgan fingerprint density at radius 2 is 1.16 bits per heavy atom. The lowest BCUT2D eigenvalue weighted by molar-refractivity contribution is 1.19. The second kappa shape index (κ2) is 10.1. The molecule has 0 bridgehead atoms. The Labute approximate surface area is 225 Å². The average Bonchev–Trinajstić information content (AvgIpc) is 3.17. The smallest absolute Gasteiger partial charge is 0.0567 e. The van der Waals surface area contributed by atoms with Gasteiger partial charge in [-0.3, -0.25) is 0 Å². The zero-order chi connectivity index (χ0) is 26.1. The summed E-state index contributed by atoms with van der Waals surface area (Å²) in [6.45, 7) is 4.31. The van der Waals surface area contributed by atoms with Crippen LogP contribution in [0.4, 0.5) is 22.7 Å². The normalized spacial score (nSPS) is 13.2. The van der Waals surface area contributed by atoms with Gasteiger partial charge in [0.25, 0.3) is 0 Å². The van der Waals surface area contributed by atoms with Crippen LogP contribution in [0, 0.1) is 6.92 Å². The first kappa shape index (κ1) is 23.8. The topological polar surface area (TPSA) is 6.48 Å². The molecule has 0 unspecified atom stereocenters.